The van der Waals surface area contributed by atoms with E-state index in [1.807, 2.05) is 0 Å². The van der Waals surface area contributed by atoms with Crippen LogP contribution in [-0.4, -0.2) is 120 Å². The summed E-state index contributed by atoms with van der Waals surface area (Å²) in [6, 6.07) is -0.874. The molecule has 45 heavy (non-hydrogen) atoms. The fourth-order valence-corrected chi connectivity index (χ4v) is 4.47. The normalized spacial score (nSPS) is 23.8. The summed E-state index contributed by atoms with van der Waals surface area (Å²) >= 11 is 0. The molecule has 7 atom stereocenters. The number of nitrogens with one attached hydrogen (secondary N) is 2. The highest BCUT2D eigenvalue weighted by Crippen LogP contribution is 2.36. The fourth-order valence-electron chi connectivity index (χ4n) is 4.47. The molecule has 0 aromatic carbocycles. The number of hydrogen-bond donors (Lipinski definition) is 5. The van der Waals surface area contributed by atoms with Crippen molar-refractivity contribution in [2.24, 2.45) is 11.3 Å². The van der Waals surface area contributed by atoms with Gasteiger partial charge in [0, 0.05) is 52.5 Å². The minimum absolute atomic E-state index is 0.0285. The third-order valence-corrected chi connectivity index (χ3v) is 7.41. The Morgan fingerprint density at radius 2 is 1.53 bits per heavy atom. The van der Waals surface area contributed by atoms with Gasteiger partial charge < -0.3 is 49.6 Å². The molecule has 5 N–H and O–H groups in total. The molecular formula is C28H44N2O15. The highest BCUT2D eigenvalue weighted by atomic mass is 16.7. The lowest BCUT2D eigenvalue weighted by atomic mass is 9.70. The van der Waals surface area contributed by atoms with Gasteiger partial charge in [0.2, 0.25) is 11.8 Å². The summed E-state index contributed by atoms with van der Waals surface area (Å²) in [5.74, 6) is -6.74. The topological polar surface area (TPSA) is 250 Å². The summed E-state index contributed by atoms with van der Waals surface area (Å²) in [6.07, 6.45) is -4.11. The number of carboxylic acid groups (broad SMARTS) is 2. The van der Waals surface area contributed by atoms with Crippen LogP contribution in [0.3, 0.4) is 0 Å². The third kappa shape index (κ3) is 12.0. The Hall–Kier alpha value is -3.67. The van der Waals surface area contributed by atoms with Crippen LogP contribution in [0.1, 0.15) is 60.8 Å². The maximum absolute atomic E-state index is 12.3. The molecule has 0 aromatic heterocycles. The van der Waals surface area contributed by atoms with Gasteiger partial charge in [0.15, 0.2) is 11.9 Å². The summed E-state index contributed by atoms with van der Waals surface area (Å²) < 4.78 is 27.6. The zero-order valence-corrected chi connectivity index (χ0v) is 26.3. The molecule has 1 aliphatic heterocycles. The molecule has 0 saturated carbocycles. The highest BCUT2D eigenvalue weighted by molar-refractivity contribution is 5.94. The molecule has 1 fully saturated rings. The van der Waals surface area contributed by atoms with E-state index in [2.05, 4.69) is 10.6 Å². The van der Waals surface area contributed by atoms with Gasteiger partial charge in [-0.2, -0.15) is 0 Å². The first-order chi connectivity index (χ1) is 20.8. The number of hydrogen-bond acceptors (Lipinski definition) is 13. The monoisotopic (exact) mass is 648 g/mol. The Bertz CT molecular complexity index is 1090. The number of carbonyl (C=O) groups is 7. The Balaban J connectivity index is 2.56. The molecule has 1 saturated heterocycles. The smallest absolute Gasteiger partial charge is 0.336 e. The summed E-state index contributed by atoms with van der Waals surface area (Å²) in [5, 5.41) is 34.0. The van der Waals surface area contributed by atoms with Gasteiger partial charge in [-0.15, -0.1) is 0 Å². The van der Waals surface area contributed by atoms with E-state index in [0.717, 1.165) is 13.8 Å². The second kappa shape index (κ2) is 17.7. The first-order valence-corrected chi connectivity index (χ1v) is 14.2. The van der Waals surface area contributed by atoms with Crippen molar-refractivity contribution >= 4 is 41.5 Å². The van der Waals surface area contributed by atoms with E-state index < -0.39 is 89.4 Å². The Morgan fingerprint density at radius 1 is 0.889 bits per heavy atom. The van der Waals surface area contributed by atoms with Crippen LogP contribution in [0.15, 0.2) is 0 Å². The molecule has 1 aliphatic rings. The van der Waals surface area contributed by atoms with Crippen LogP contribution in [0, 0.1) is 11.3 Å². The van der Waals surface area contributed by atoms with Gasteiger partial charge in [-0.1, -0.05) is 6.92 Å². The molecule has 17 nitrogen and oxygen atoms in total. The van der Waals surface area contributed by atoms with Crippen LogP contribution >= 0.6 is 0 Å². The highest BCUT2D eigenvalue weighted by Gasteiger charge is 2.55. The molecule has 0 aliphatic carbocycles. The van der Waals surface area contributed by atoms with E-state index >= 15 is 0 Å². The number of esters is 2. The molecule has 0 bridgehead atoms. The van der Waals surface area contributed by atoms with Gasteiger partial charge in [-0.3, -0.25) is 28.8 Å². The van der Waals surface area contributed by atoms with Crippen molar-refractivity contribution in [3.8, 4) is 0 Å². The molecule has 17 heteroatoms. The predicted octanol–water partition coefficient (Wildman–Crippen LogP) is -0.838. The molecule has 256 valence electrons. The second-order valence-corrected chi connectivity index (χ2v) is 11.1. The van der Waals surface area contributed by atoms with E-state index in [0.29, 0.717) is 0 Å². The second-order valence-electron chi connectivity index (χ2n) is 11.1. The van der Waals surface area contributed by atoms with Crippen molar-refractivity contribution in [3.05, 3.63) is 0 Å². The maximum Gasteiger partial charge on any atom is 0.336 e. The Labute approximate surface area is 260 Å². The van der Waals surface area contributed by atoms with Gasteiger partial charge in [0.25, 0.3) is 0 Å². The number of amides is 2. The molecule has 7 unspecified atom stereocenters. The van der Waals surface area contributed by atoms with Crippen molar-refractivity contribution in [1.82, 2.24) is 10.6 Å². The largest absolute Gasteiger partial charge is 0.481 e. The van der Waals surface area contributed by atoms with E-state index in [1.165, 1.54) is 20.8 Å². The lowest BCUT2D eigenvalue weighted by Gasteiger charge is -2.44. The van der Waals surface area contributed by atoms with Crippen molar-refractivity contribution < 1.29 is 72.6 Å². The average Bonchev–Trinajstić information content (AvgIpc) is 2.92. The van der Waals surface area contributed by atoms with Crippen molar-refractivity contribution in [2.45, 2.75) is 90.9 Å². The first kappa shape index (κ1) is 39.4. The third-order valence-electron chi connectivity index (χ3n) is 7.41. The zero-order valence-electron chi connectivity index (χ0n) is 26.3. The van der Waals surface area contributed by atoms with Crippen LogP contribution in [0.2, 0.25) is 0 Å². The quantitative estimate of drug-likeness (QED) is 0.0846. The van der Waals surface area contributed by atoms with E-state index in [-0.39, 0.29) is 45.8 Å². The number of carbonyl (C=O) groups excluding carboxylic acids is 5. The zero-order chi connectivity index (χ0) is 34.5. The number of rotatable bonds is 19. The maximum atomic E-state index is 12.3. The van der Waals surface area contributed by atoms with Gasteiger partial charge >= 0.3 is 23.9 Å². The number of carboxylic acids is 2. The molecule has 1 rings (SSSR count). The van der Waals surface area contributed by atoms with Crippen LogP contribution in [0.4, 0.5) is 0 Å². The van der Waals surface area contributed by atoms with Gasteiger partial charge in [0.05, 0.1) is 19.8 Å². The molecule has 2 amide bonds. The number of Topliss-reactive ketones (excluding diaryl/α,β-unsaturated/α-hetero) is 1. The standard InChI is InChI=1S/C28H44N2O15/c1-15-20(14-43-17(3)32)45-24(22(30-16(2)31)23(15)44-18(4)33)42-12-11-41-10-9-29-21(35)8-7-19(34)13-27(5,25(36)37)28(6,40)26(38)39/h15,20,22-24,40H,7-14H2,1-6H3,(H,29,35)(H,30,31)(H,36,37)(H,38,39). The minimum atomic E-state index is -2.72. The van der Waals surface area contributed by atoms with Crippen LogP contribution in [0.25, 0.3) is 0 Å². The molecule has 1 heterocycles. The number of aliphatic carboxylic acids is 2. The van der Waals surface area contributed by atoms with Gasteiger partial charge in [-0.25, -0.2) is 4.79 Å². The average molecular weight is 649 g/mol. The predicted molar refractivity (Wildman–Crippen MR) is 150 cm³/mol. The van der Waals surface area contributed by atoms with Crippen LogP contribution in [0.5, 0.6) is 0 Å². The first-order valence-electron chi connectivity index (χ1n) is 14.2. The summed E-state index contributed by atoms with van der Waals surface area (Å²) in [4.78, 5) is 82.3. The SMILES string of the molecule is CC(=O)NC1C(OCCOCCNC(=O)CCC(=O)CC(C)(C(=O)O)C(C)(O)C(=O)O)OC(COC(C)=O)C(C)C1OC(C)=O. The van der Waals surface area contributed by atoms with E-state index in [4.69, 9.17) is 23.7 Å². The van der Waals surface area contributed by atoms with Crippen molar-refractivity contribution in [1.29, 1.82) is 0 Å². The van der Waals surface area contributed by atoms with Gasteiger partial charge in [-0.05, 0) is 13.8 Å². The molecule has 0 spiro atoms. The molecule has 0 radical (unpaired) electrons. The van der Waals surface area contributed by atoms with Crippen molar-refractivity contribution in [2.75, 3.05) is 33.0 Å². The van der Waals surface area contributed by atoms with Crippen molar-refractivity contribution in [3.63, 3.8) is 0 Å². The summed E-state index contributed by atoms with van der Waals surface area (Å²) in [7, 11) is 0. The number of ketones is 1. The minimum Gasteiger partial charge on any atom is -0.481 e. The van der Waals surface area contributed by atoms with Crippen LogP contribution < -0.4 is 10.6 Å². The van der Waals surface area contributed by atoms with Crippen LogP contribution in [-0.2, 0) is 57.2 Å². The summed E-state index contributed by atoms with van der Waals surface area (Å²) in [6.45, 7) is 7.15. The Kier molecular flexibility index (Phi) is 15.5. The lowest BCUT2D eigenvalue weighted by Crippen LogP contribution is -2.63. The summed E-state index contributed by atoms with van der Waals surface area (Å²) in [5.41, 5.74) is -5.03. The molecule has 0 aromatic rings. The van der Waals surface area contributed by atoms with E-state index in [1.54, 1.807) is 6.92 Å². The fraction of sp³-hybridized carbons (Fsp3) is 0.750. The molecular weight excluding hydrogens is 604 g/mol. The van der Waals surface area contributed by atoms with Gasteiger partial charge in [0.1, 0.15) is 36.1 Å². The van der Waals surface area contributed by atoms with E-state index in [9.17, 15) is 48.9 Å². The Morgan fingerprint density at radius 3 is 2.07 bits per heavy atom. The lowest BCUT2D eigenvalue weighted by molar-refractivity contribution is -0.261. The number of aliphatic hydroxyl groups is 1. The number of ether oxygens (including phenoxy) is 5.